The number of esters is 1. The van der Waals surface area contributed by atoms with Crippen molar-refractivity contribution in [1.82, 2.24) is 0 Å². The van der Waals surface area contributed by atoms with E-state index in [4.69, 9.17) is 10.00 Å². The number of aryl methyl sites for hydroxylation is 1. The number of rotatable bonds is 3. The van der Waals surface area contributed by atoms with Gasteiger partial charge in [0.05, 0.1) is 6.61 Å². The first-order valence-electron chi connectivity index (χ1n) is 4.93. The molecule has 4 heteroatoms. The van der Waals surface area contributed by atoms with Gasteiger partial charge in [0.2, 0.25) is 0 Å². The molecule has 0 radical (unpaired) electrons. The molecule has 0 spiro atoms. The van der Waals surface area contributed by atoms with Crippen LogP contribution < -0.4 is 0 Å². The zero-order valence-corrected chi connectivity index (χ0v) is 9.23. The maximum atomic E-state index is 11.6. The average molecular weight is 219 g/mol. The maximum absolute atomic E-state index is 11.6. The van der Waals surface area contributed by atoms with Crippen molar-refractivity contribution in [1.29, 1.82) is 5.26 Å². The third-order valence-corrected chi connectivity index (χ3v) is 2.27. The number of benzene rings is 1. The summed E-state index contributed by atoms with van der Waals surface area (Å²) in [7, 11) is 0. The minimum Gasteiger partial charge on any atom is -0.463 e. The second-order valence-electron chi connectivity index (χ2n) is 3.36. The maximum Gasteiger partial charge on any atom is 0.358 e. The van der Waals surface area contributed by atoms with Crippen molar-refractivity contribution < 1.29 is 14.6 Å². The Labute approximate surface area is 94.1 Å². The highest BCUT2D eigenvalue weighted by molar-refractivity contribution is 5.85. The summed E-state index contributed by atoms with van der Waals surface area (Å²) < 4.78 is 4.70. The normalized spacial score (nSPS) is 13.6. The van der Waals surface area contributed by atoms with Crippen LogP contribution in [0.4, 0.5) is 0 Å². The molecular weight excluding hydrogens is 206 g/mol. The SMILES string of the molecule is CCOC(=O)[C@@](O)(C#N)c1ccccc1C. The summed E-state index contributed by atoms with van der Waals surface area (Å²) in [6, 6.07) is 8.28. The third-order valence-electron chi connectivity index (χ3n) is 2.27. The predicted octanol–water partition coefficient (Wildman–Crippen LogP) is 1.27. The van der Waals surface area contributed by atoms with E-state index in [0.717, 1.165) is 0 Å². The van der Waals surface area contributed by atoms with Gasteiger partial charge in [-0.15, -0.1) is 0 Å². The van der Waals surface area contributed by atoms with Crippen molar-refractivity contribution in [2.24, 2.45) is 0 Å². The zero-order valence-electron chi connectivity index (χ0n) is 9.23. The molecule has 4 nitrogen and oxygen atoms in total. The fourth-order valence-corrected chi connectivity index (χ4v) is 1.43. The lowest BCUT2D eigenvalue weighted by atomic mass is 9.91. The number of carbonyl (C=O) groups is 1. The Kier molecular flexibility index (Phi) is 3.64. The molecule has 0 saturated heterocycles. The summed E-state index contributed by atoms with van der Waals surface area (Å²) in [5.41, 5.74) is -1.29. The quantitative estimate of drug-likeness (QED) is 0.614. The van der Waals surface area contributed by atoms with Gasteiger partial charge in [-0.2, -0.15) is 5.26 Å². The van der Waals surface area contributed by atoms with Crippen molar-refractivity contribution in [3.05, 3.63) is 35.4 Å². The Hall–Kier alpha value is -1.86. The van der Waals surface area contributed by atoms with Gasteiger partial charge in [0.1, 0.15) is 6.07 Å². The molecular formula is C12H13NO3. The number of hydrogen-bond donors (Lipinski definition) is 1. The van der Waals surface area contributed by atoms with Crippen LogP contribution in [0.2, 0.25) is 0 Å². The molecule has 0 amide bonds. The van der Waals surface area contributed by atoms with E-state index >= 15 is 0 Å². The molecule has 1 atom stereocenters. The van der Waals surface area contributed by atoms with Gasteiger partial charge in [-0.3, -0.25) is 0 Å². The molecule has 16 heavy (non-hydrogen) atoms. The van der Waals surface area contributed by atoms with E-state index in [1.54, 1.807) is 38.1 Å². The van der Waals surface area contributed by atoms with Crippen molar-refractivity contribution in [2.45, 2.75) is 19.4 Å². The van der Waals surface area contributed by atoms with E-state index < -0.39 is 11.6 Å². The van der Waals surface area contributed by atoms with E-state index in [9.17, 15) is 9.90 Å². The number of hydrogen-bond acceptors (Lipinski definition) is 4. The minimum absolute atomic E-state index is 0.120. The number of nitrogens with zero attached hydrogens (tertiary/aromatic N) is 1. The number of ether oxygens (including phenoxy) is 1. The molecule has 0 unspecified atom stereocenters. The Morgan fingerprint density at radius 1 is 1.56 bits per heavy atom. The summed E-state index contributed by atoms with van der Waals surface area (Å²) in [6.07, 6.45) is 0. The molecule has 0 aliphatic carbocycles. The molecule has 0 aromatic heterocycles. The topological polar surface area (TPSA) is 70.3 Å². The first kappa shape index (κ1) is 12.2. The van der Waals surface area contributed by atoms with Crippen LogP contribution in [0.3, 0.4) is 0 Å². The summed E-state index contributed by atoms with van der Waals surface area (Å²) in [5, 5.41) is 19.0. The molecule has 1 aromatic rings. The standard InChI is InChI=1S/C12H13NO3/c1-3-16-11(14)12(15,8-13)10-7-5-4-6-9(10)2/h4-7,15H,3H2,1-2H3/t12-/m1/s1. The van der Waals surface area contributed by atoms with Gasteiger partial charge in [-0.05, 0) is 19.4 Å². The number of nitriles is 1. The molecule has 0 aliphatic heterocycles. The largest absolute Gasteiger partial charge is 0.463 e. The lowest BCUT2D eigenvalue weighted by Crippen LogP contribution is -2.36. The predicted molar refractivity (Wildman–Crippen MR) is 57.3 cm³/mol. The van der Waals surface area contributed by atoms with Gasteiger partial charge < -0.3 is 9.84 Å². The van der Waals surface area contributed by atoms with E-state index in [0.29, 0.717) is 5.56 Å². The van der Waals surface area contributed by atoms with Crippen LogP contribution in [-0.4, -0.2) is 17.7 Å². The van der Waals surface area contributed by atoms with Crippen LogP contribution >= 0.6 is 0 Å². The van der Waals surface area contributed by atoms with E-state index in [1.807, 2.05) is 0 Å². The van der Waals surface area contributed by atoms with Crippen LogP contribution in [0.25, 0.3) is 0 Å². The molecule has 84 valence electrons. The van der Waals surface area contributed by atoms with Crippen LogP contribution in [0, 0.1) is 18.3 Å². The van der Waals surface area contributed by atoms with Crippen molar-refractivity contribution in [3.8, 4) is 6.07 Å². The number of carbonyl (C=O) groups excluding carboxylic acids is 1. The van der Waals surface area contributed by atoms with Gasteiger partial charge in [0.25, 0.3) is 5.60 Å². The number of aliphatic hydroxyl groups is 1. The van der Waals surface area contributed by atoms with Gasteiger partial charge in [0.15, 0.2) is 0 Å². The van der Waals surface area contributed by atoms with Gasteiger partial charge in [-0.25, -0.2) is 4.79 Å². The lowest BCUT2D eigenvalue weighted by molar-refractivity contribution is -0.160. The molecule has 1 rings (SSSR count). The summed E-state index contributed by atoms with van der Waals surface area (Å²) in [5.74, 6) is -0.938. The highest BCUT2D eigenvalue weighted by Crippen LogP contribution is 2.25. The molecule has 1 aromatic carbocycles. The van der Waals surface area contributed by atoms with Gasteiger partial charge >= 0.3 is 5.97 Å². The summed E-state index contributed by atoms with van der Waals surface area (Å²) >= 11 is 0. The van der Waals surface area contributed by atoms with E-state index in [1.165, 1.54) is 6.07 Å². The van der Waals surface area contributed by atoms with Crippen LogP contribution in [-0.2, 0) is 15.1 Å². The van der Waals surface area contributed by atoms with Crippen molar-refractivity contribution in [2.75, 3.05) is 6.61 Å². The molecule has 0 heterocycles. The highest BCUT2D eigenvalue weighted by Gasteiger charge is 2.41. The third kappa shape index (κ3) is 2.05. The Balaban J connectivity index is 3.21. The smallest absolute Gasteiger partial charge is 0.358 e. The van der Waals surface area contributed by atoms with E-state index in [2.05, 4.69) is 0 Å². The van der Waals surface area contributed by atoms with Crippen LogP contribution in [0.5, 0.6) is 0 Å². The minimum atomic E-state index is -2.22. The molecule has 0 bridgehead atoms. The monoisotopic (exact) mass is 219 g/mol. The van der Waals surface area contributed by atoms with Crippen LogP contribution in [0.1, 0.15) is 18.1 Å². The second-order valence-corrected chi connectivity index (χ2v) is 3.36. The van der Waals surface area contributed by atoms with Crippen molar-refractivity contribution in [3.63, 3.8) is 0 Å². The molecule has 0 aliphatic rings. The van der Waals surface area contributed by atoms with Crippen LogP contribution in [0.15, 0.2) is 24.3 Å². The summed E-state index contributed by atoms with van der Waals surface area (Å²) in [4.78, 5) is 11.6. The van der Waals surface area contributed by atoms with Crippen molar-refractivity contribution >= 4 is 5.97 Å². The first-order chi connectivity index (χ1) is 7.56. The van der Waals surface area contributed by atoms with Gasteiger partial charge in [-0.1, -0.05) is 24.3 Å². The lowest BCUT2D eigenvalue weighted by Gasteiger charge is -2.20. The molecule has 0 saturated carbocycles. The highest BCUT2D eigenvalue weighted by atomic mass is 16.5. The first-order valence-corrected chi connectivity index (χ1v) is 4.93. The Morgan fingerprint density at radius 3 is 2.69 bits per heavy atom. The molecule has 1 N–H and O–H groups in total. The summed E-state index contributed by atoms with van der Waals surface area (Å²) in [6.45, 7) is 3.46. The zero-order chi connectivity index (χ0) is 12.2. The average Bonchev–Trinajstić information content (AvgIpc) is 2.29. The van der Waals surface area contributed by atoms with Gasteiger partial charge in [0, 0.05) is 5.56 Å². The fraction of sp³-hybridized carbons (Fsp3) is 0.333. The Bertz CT molecular complexity index is 436. The second kappa shape index (κ2) is 4.77. The molecule has 0 fully saturated rings. The fourth-order valence-electron chi connectivity index (χ4n) is 1.43. The van der Waals surface area contributed by atoms with E-state index in [-0.39, 0.29) is 12.2 Å². The Morgan fingerprint density at radius 2 is 2.19 bits per heavy atom.